The van der Waals surface area contributed by atoms with E-state index in [0.717, 1.165) is 34.2 Å². The average molecular weight is 584 g/mol. The van der Waals surface area contributed by atoms with Crippen molar-refractivity contribution in [1.82, 2.24) is 4.98 Å². The summed E-state index contributed by atoms with van der Waals surface area (Å²) in [4.78, 5) is 14.0. The molecule has 0 spiro atoms. The first kappa shape index (κ1) is 29.3. The molecule has 6 nitrogen and oxygen atoms in total. The Morgan fingerprint density at radius 2 is 0.903 bits per heavy atom. The maximum atomic E-state index is 6.25. The molecule has 1 aromatic heterocycles. The second kappa shape index (κ2) is 18.1. The smallest absolute Gasteiger partial charge is 0.512 e. The quantitative estimate of drug-likeness (QED) is 0.292. The van der Waals surface area contributed by atoms with Gasteiger partial charge in [0.25, 0.3) is 0 Å². The van der Waals surface area contributed by atoms with E-state index in [9.17, 15) is 0 Å². The Balaban J connectivity index is 0. The zero-order valence-corrected chi connectivity index (χ0v) is 19.4. The van der Waals surface area contributed by atoms with Crippen molar-refractivity contribution in [3.8, 4) is 0 Å². The third-order valence-electron chi connectivity index (χ3n) is 3.60. The molecule has 0 aliphatic carbocycles. The molecular formula is C24H19IrN6. The van der Waals surface area contributed by atoms with Gasteiger partial charge in [-0.1, -0.05) is 42.5 Å². The first-order valence-corrected chi connectivity index (χ1v) is 8.58. The summed E-state index contributed by atoms with van der Waals surface area (Å²) >= 11 is 0. The summed E-state index contributed by atoms with van der Waals surface area (Å²) in [6.07, 6.45) is 0. The van der Waals surface area contributed by atoms with Gasteiger partial charge in [0.1, 0.15) is 0 Å². The molecule has 154 valence electrons. The number of rotatable bonds is 4. The van der Waals surface area contributed by atoms with Gasteiger partial charge in [0.15, 0.2) is 0 Å². The monoisotopic (exact) mass is 584 g/mol. The first-order chi connectivity index (χ1) is 14.7. The zero-order chi connectivity index (χ0) is 22.8. The second-order valence-electron chi connectivity index (χ2n) is 5.47. The predicted octanol–water partition coefficient (Wildman–Crippen LogP) is 5.65. The van der Waals surface area contributed by atoms with Crippen LogP contribution in [0.3, 0.4) is 0 Å². The average Bonchev–Trinajstić information content (AvgIpc) is 2.84. The van der Waals surface area contributed by atoms with Crippen LogP contribution in [0.4, 0.5) is 11.4 Å². The molecule has 7 heteroatoms. The van der Waals surface area contributed by atoms with Crippen molar-refractivity contribution in [2.45, 2.75) is 13.8 Å². The van der Waals surface area contributed by atoms with Crippen molar-refractivity contribution in [3.05, 3.63) is 110 Å². The van der Waals surface area contributed by atoms with Crippen molar-refractivity contribution in [1.29, 1.82) is 15.8 Å². The largest absolute Gasteiger partial charge is 3.00 e. The molecule has 0 saturated heterocycles. The molecule has 3 aromatic rings. The first-order valence-electron chi connectivity index (χ1n) is 8.58. The van der Waals surface area contributed by atoms with Crippen molar-refractivity contribution >= 4 is 22.8 Å². The molecule has 2 aromatic carbocycles. The molecule has 3 rings (SSSR count). The Morgan fingerprint density at radius 1 is 0.581 bits per heavy atom. The molecule has 31 heavy (non-hydrogen) atoms. The van der Waals surface area contributed by atoms with Crippen LogP contribution in [0.5, 0.6) is 0 Å². The molecule has 0 saturated carbocycles. The van der Waals surface area contributed by atoms with E-state index in [1.165, 1.54) is 0 Å². The molecule has 0 fully saturated rings. The minimum Gasteiger partial charge on any atom is -0.512 e. The van der Waals surface area contributed by atoms with Crippen molar-refractivity contribution < 1.29 is 20.1 Å². The van der Waals surface area contributed by atoms with Crippen LogP contribution in [0.25, 0.3) is 0 Å². The Morgan fingerprint density at radius 3 is 1.23 bits per heavy atom. The number of hydrogen-bond acceptors (Lipinski definition) is 6. The Bertz CT molecular complexity index is 921. The van der Waals surface area contributed by atoms with Crippen molar-refractivity contribution in [2.24, 2.45) is 9.98 Å². The molecule has 0 aliphatic heterocycles. The SMILES string of the molecule is CC(=Nc1ccccc1)c1cccc(C(C)=Nc2ccccc2)n1.[C-]#N.[C-]#N.[C-]#N.[Ir+3]. The number of hydrogen-bond donors (Lipinski definition) is 0. The summed E-state index contributed by atoms with van der Waals surface area (Å²) < 4.78 is 0. The summed E-state index contributed by atoms with van der Waals surface area (Å²) in [5, 5.41) is 18.8. The molecular weight excluding hydrogens is 565 g/mol. The number of benzene rings is 2. The molecule has 0 unspecified atom stereocenters. The van der Waals surface area contributed by atoms with Crippen LogP contribution >= 0.6 is 0 Å². The van der Waals surface area contributed by atoms with E-state index in [1.54, 1.807) is 0 Å². The van der Waals surface area contributed by atoms with Gasteiger partial charge in [0.2, 0.25) is 0 Å². The van der Waals surface area contributed by atoms with Crippen LogP contribution in [0.1, 0.15) is 25.2 Å². The number of aromatic nitrogens is 1. The van der Waals surface area contributed by atoms with Crippen LogP contribution in [0, 0.1) is 35.5 Å². The number of para-hydroxylation sites is 2. The van der Waals surface area contributed by atoms with E-state index >= 15 is 0 Å². The third-order valence-corrected chi connectivity index (χ3v) is 3.60. The molecule has 0 N–H and O–H groups in total. The van der Waals surface area contributed by atoms with Gasteiger partial charge >= 0.3 is 20.1 Å². The van der Waals surface area contributed by atoms with E-state index in [1.807, 2.05) is 92.7 Å². The van der Waals surface area contributed by atoms with Gasteiger partial charge in [-0.15, -0.1) is 0 Å². The fraction of sp³-hybridized carbons (Fsp3) is 0.0833. The Kier molecular flexibility index (Phi) is 17.1. The van der Waals surface area contributed by atoms with Gasteiger partial charge in [-0.3, -0.25) is 9.98 Å². The summed E-state index contributed by atoms with van der Waals surface area (Å²) in [5.41, 5.74) is 5.35. The molecule has 0 bridgehead atoms. The fourth-order valence-electron chi connectivity index (χ4n) is 2.34. The number of nitrogens with zero attached hydrogens (tertiary/aromatic N) is 6. The van der Waals surface area contributed by atoms with Gasteiger partial charge in [-0.05, 0) is 50.2 Å². The van der Waals surface area contributed by atoms with E-state index in [2.05, 4.69) is 9.98 Å². The normalized spacial score (nSPS) is 9.68. The number of pyridine rings is 1. The molecule has 0 amide bonds. The van der Waals surface area contributed by atoms with Crippen LogP contribution < -0.4 is 0 Å². The molecule has 1 heterocycles. The van der Waals surface area contributed by atoms with Crippen LogP contribution in [-0.2, 0) is 20.1 Å². The van der Waals surface area contributed by atoms with Crippen molar-refractivity contribution in [3.63, 3.8) is 0 Å². The van der Waals surface area contributed by atoms with E-state index in [4.69, 9.17) is 40.5 Å². The Hall–Kier alpha value is -3.95. The topological polar surface area (TPSA) is 109 Å². The fourth-order valence-corrected chi connectivity index (χ4v) is 2.34. The Labute approximate surface area is 197 Å². The maximum absolute atomic E-state index is 6.25. The van der Waals surface area contributed by atoms with E-state index < -0.39 is 0 Å². The second-order valence-corrected chi connectivity index (χ2v) is 5.47. The summed E-state index contributed by atoms with van der Waals surface area (Å²) in [6.45, 7) is 18.2. The summed E-state index contributed by atoms with van der Waals surface area (Å²) in [5.74, 6) is 0. The molecule has 0 atom stereocenters. The van der Waals surface area contributed by atoms with Gasteiger partial charge in [0, 0.05) is 0 Å². The van der Waals surface area contributed by atoms with Gasteiger partial charge in [-0.25, -0.2) is 4.98 Å². The van der Waals surface area contributed by atoms with Crippen LogP contribution in [-0.4, -0.2) is 16.4 Å². The number of aliphatic imine (C=N–C) groups is 2. The standard InChI is InChI=1S/C21H19N3.3CN.Ir/c1-16(22-18-10-5-3-6-11-18)20-14-9-15-21(24-20)17(2)23-19-12-7-4-8-13-19;3*1-2;/h3-15H,1-2H3;;;;/q;3*-1;+3. The van der Waals surface area contributed by atoms with Crippen LogP contribution in [0.15, 0.2) is 88.8 Å². The van der Waals surface area contributed by atoms with Gasteiger partial charge in [0.05, 0.1) is 34.2 Å². The van der Waals surface area contributed by atoms with E-state index in [-0.39, 0.29) is 20.1 Å². The minimum absolute atomic E-state index is 0. The van der Waals surface area contributed by atoms with Crippen molar-refractivity contribution in [2.75, 3.05) is 0 Å². The van der Waals surface area contributed by atoms with Crippen LogP contribution in [0.2, 0.25) is 0 Å². The third kappa shape index (κ3) is 10.4. The predicted molar refractivity (Wildman–Crippen MR) is 116 cm³/mol. The summed E-state index contributed by atoms with van der Waals surface area (Å²) in [6, 6.07) is 25.7. The zero-order valence-electron chi connectivity index (χ0n) is 17.0. The van der Waals surface area contributed by atoms with Gasteiger partial charge < -0.3 is 35.5 Å². The maximum Gasteiger partial charge on any atom is 3.00 e. The minimum atomic E-state index is 0. The van der Waals surface area contributed by atoms with Gasteiger partial charge in [-0.2, -0.15) is 0 Å². The molecule has 0 radical (unpaired) electrons. The summed E-state index contributed by atoms with van der Waals surface area (Å²) in [7, 11) is 0. The molecule has 0 aliphatic rings. The van der Waals surface area contributed by atoms with E-state index in [0.29, 0.717) is 0 Å².